The molecule has 0 unspecified atom stereocenters. The van der Waals surface area contributed by atoms with Crippen LogP contribution in [0, 0.1) is 0 Å². The molecule has 1 saturated heterocycles. The van der Waals surface area contributed by atoms with Gasteiger partial charge in [-0.15, -0.1) is 0 Å². The molecule has 1 aromatic heterocycles. The van der Waals surface area contributed by atoms with Crippen molar-refractivity contribution < 1.29 is 0 Å². The van der Waals surface area contributed by atoms with Gasteiger partial charge in [0.2, 0.25) is 0 Å². The molecule has 2 heteroatoms. The summed E-state index contributed by atoms with van der Waals surface area (Å²) in [5.74, 6) is 0. The molecule has 0 atom stereocenters. The fourth-order valence-corrected chi connectivity index (χ4v) is 2.22. The Morgan fingerprint density at radius 1 is 1.29 bits per heavy atom. The topological polar surface area (TPSA) is 8.17 Å². The van der Waals surface area contributed by atoms with Crippen LogP contribution < -0.4 is 0 Å². The molecule has 0 bridgehead atoms. The van der Waals surface area contributed by atoms with E-state index < -0.39 is 0 Å². The van der Waals surface area contributed by atoms with Crippen molar-refractivity contribution in [2.24, 2.45) is 0 Å². The van der Waals surface area contributed by atoms with Crippen LogP contribution in [0.15, 0.2) is 18.3 Å². The zero-order valence-corrected chi connectivity index (χ0v) is 9.08. The van der Waals surface area contributed by atoms with Gasteiger partial charge in [0.25, 0.3) is 0 Å². The van der Waals surface area contributed by atoms with Crippen LogP contribution in [0.2, 0.25) is 0 Å². The van der Waals surface area contributed by atoms with Crippen molar-refractivity contribution in [3.8, 4) is 0 Å². The summed E-state index contributed by atoms with van der Waals surface area (Å²) in [6, 6.07) is 4.43. The lowest BCUT2D eigenvalue weighted by Crippen LogP contribution is -2.20. The van der Waals surface area contributed by atoms with E-state index in [-0.39, 0.29) is 0 Å². The molecule has 2 nitrogen and oxygen atoms in total. The number of likely N-dealkylation sites (tertiary alicyclic amines) is 1. The minimum Gasteiger partial charge on any atom is -0.350 e. The van der Waals surface area contributed by atoms with Gasteiger partial charge in [-0.25, -0.2) is 0 Å². The van der Waals surface area contributed by atoms with Crippen LogP contribution in [0.5, 0.6) is 0 Å². The summed E-state index contributed by atoms with van der Waals surface area (Å²) in [6.45, 7) is 7.12. The van der Waals surface area contributed by atoms with Gasteiger partial charge < -0.3 is 4.57 Å². The number of hydrogen-bond donors (Lipinski definition) is 0. The molecular weight excluding hydrogens is 172 g/mol. The lowest BCUT2D eigenvalue weighted by atomic mass is 10.3. The van der Waals surface area contributed by atoms with Gasteiger partial charge in [0.15, 0.2) is 0 Å². The van der Waals surface area contributed by atoms with Gasteiger partial charge in [0.05, 0.1) is 0 Å². The van der Waals surface area contributed by atoms with Crippen LogP contribution in [-0.2, 0) is 13.1 Å². The monoisotopic (exact) mass is 192 g/mol. The number of aryl methyl sites for hydroxylation is 1. The Labute approximate surface area is 86.5 Å². The van der Waals surface area contributed by atoms with Gasteiger partial charge in [-0.05, 0) is 44.5 Å². The minimum atomic E-state index is 1.15. The van der Waals surface area contributed by atoms with Gasteiger partial charge >= 0.3 is 0 Å². The van der Waals surface area contributed by atoms with E-state index in [1.807, 2.05) is 0 Å². The average Bonchev–Trinajstić information content (AvgIpc) is 2.80. The van der Waals surface area contributed by atoms with Crippen LogP contribution >= 0.6 is 0 Å². The van der Waals surface area contributed by atoms with Gasteiger partial charge in [0.1, 0.15) is 0 Å². The fraction of sp³-hybridized carbons (Fsp3) is 0.667. The van der Waals surface area contributed by atoms with Gasteiger partial charge in [-0.2, -0.15) is 0 Å². The minimum absolute atomic E-state index is 1.15. The van der Waals surface area contributed by atoms with E-state index in [4.69, 9.17) is 0 Å². The van der Waals surface area contributed by atoms with Crippen LogP contribution in [0.3, 0.4) is 0 Å². The third kappa shape index (κ3) is 2.18. The number of aromatic nitrogens is 1. The van der Waals surface area contributed by atoms with Crippen molar-refractivity contribution in [1.82, 2.24) is 9.47 Å². The Bertz CT molecular complexity index is 272. The summed E-state index contributed by atoms with van der Waals surface area (Å²) >= 11 is 0. The van der Waals surface area contributed by atoms with Crippen molar-refractivity contribution in [3.63, 3.8) is 0 Å². The molecule has 0 radical (unpaired) electrons. The lowest BCUT2D eigenvalue weighted by Gasteiger charge is -2.16. The molecule has 2 heterocycles. The maximum absolute atomic E-state index is 2.56. The number of nitrogens with zero attached hydrogens (tertiary/aromatic N) is 2. The smallest absolute Gasteiger partial charge is 0.0387 e. The van der Waals surface area contributed by atoms with E-state index >= 15 is 0 Å². The summed E-state index contributed by atoms with van der Waals surface area (Å²) in [5, 5.41) is 0. The summed E-state index contributed by atoms with van der Waals surface area (Å²) in [7, 11) is 0. The highest BCUT2D eigenvalue weighted by Crippen LogP contribution is 2.13. The maximum Gasteiger partial charge on any atom is 0.0387 e. The van der Waals surface area contributed by atoms with E-state index in [0.29, 0.717) is 0 Å². The third-order valence-electron chi connectivity index (χ3n) is 2.97. The first-order valence-electron chi connectivity index (χ1n) is 5.76. The molecule has 0 amide bonds. The highest BCUT2D eigenvalue weighted by Gasteiger charge is 2.12. The van der Waals surface area contributed by atoms with Crippen molar-refractivity contribution in [2.75, 3.05) is 13.1 Å². The SMILES string of the molecule is CCCn1cccc1CN1CCCC1. The Hall–Kier alpha value is -0.760. The predicted molar refractivity (Wildman–Crippen MR) is 59.2 cm³/mol. The fourth-order valence-electron chi connectivity index (χ4n) is 2.22. The first kappa shape index (κ1) is 9.78. The molecule has 1 aromatic rings. The normalized spacial score (nSPS) is 17.8. The standard InChI is InChI=1S/C12H20N2/c1-2-7-14-10-5-6-12(14)11-13-8-3-4-9-13/h5-6,10H,2-4,7-9,11H2,1H3. The third-order valence-corrected chi connectivity index (χ3v) is 2.97. The first-order chi connectivity index (χ1) is 6.90. The Morgan fingerprint density at radius 3 is 2.79 bits per heavy atom. The van der Waals surface area contributed by atoms with Crippen LogP contribution in [-0.4, -0.2) is 22.6 Å². The molecule has 78 valence electrons. The predicted octanol–water partition coefficient (Wildman–Crippen LogP) is 2.49. The van der Waals surface area contributed by atoms with E-state index in [1.165, 1.54) is 38.0 Å². The van der Waals surface area contributed by atoms with E-state index in [9.17, 15) is 0 Å². The van der Waals surface area contributed by atoms with E-state index in [1.54, 1.807) is 0 Å². The molecule has 1 fully saturated rings. The molecule has 0 saturated carbocycles. The van der Waals surface area contributed by atoms with Crippen molar-refractivity contribution in [1.29, 1.82) is 0 Å². The molecule has 0 aromatic carbocycles. The molecule has 0 N–H and O–H groups in total. The van der Waals surface area contributed by atoms with Crippen molar-refractivity contribution >= 4 is 0 Å². The number of rotatable bonds is 4. The van der Waals surface area contributed by atoms with Gasteiger partial charge in [-0.3, -0.25) is 4.90 Å². The zero-order chi connectivity index (χ0) is 9.80. The van der Waals surface area contributed by atoms with Crippen molar-refractivity contribution in [2.45, 2.75) is 39.3 Å². The summed E-state index contributed by atoms with van der Waals surface area (Å²) < 4.78 is 2.39. The molecule has 1 aliphatic heterocycles. The second-order valence-electron chi connectivity index (χ2n) is 4.18. The highest BCUT2D eigenvalue weighted by atomic mass is 15.2. The van der Waals surface area contributed by atoms with Crippen LogP contribution in [0.1, 0.15) is 31.9 Å². The average molecular weight is 192 g/mol. The van der Waals surface area contributed by atoms with Gasteiger partial charge in [0, 0.05) is 25.0 Å². The summed E-state index contributed by atoms with van der Waals surface area (Å²) in [4.78, 5) is 2.56. The van der Waals surface area contributed by atoms with Crippen LogP contribution in [0.4, 0.5) is 0 Å². The molecule has 14 heavy (non-hydrogen) atoms. The van der Waals surface area contributed by atoms with Crippen molar-refractivity contribution in [3.05, 3.63) is 24.0 Å². The largest absolute Gasteiger partial charge is 0.350 e. The second-order valence-corrected chi connectivity index (χ2v) is 4.18. The molecule has 0 spiro atoms. The van der Waals surface area contributed by atoms with E-state index in [0.717, 1.165) is 13.1 Å². The summed E-state index contributed by atoms with van der Waals surface area (Å²) in [6.07, 6.45) is 6.19. The molecule has 2 rings (SSSR count). The van der Waals surface area contributed by atoms with Crippen LogP contribution in [0.25, 0.3) is 0 Å². The van der Waals surface area contributed by atoms with Gasteiger partial charge in [-0.1, -0.05) is 6.92 Å². The van der Waals surface area contributed by atoms with E-state index in [2.05, 4.69) is 34.7 Å². The Balaban J connectivity index is 1.96. The quantitative estimate of drug-likeness (QED) is 0.711. The number of hydrogen-bond acceptors (Lipinski definition) is 1. The Kier molecular flexibility index (Phi) is 3.25. The second kappa shape index (κ2) is 4.65. The maximum atomic E-state index is 2.56. The molecule has 0 aliphatic carbocycles. The highest BCUT2D eigenvalue weighted by molar-refractivity contribution is 5.07. The lowest BCUT2D eigenvalue weighted by molar-refractivity contribution is 0.321. The first-order valence-corrected chi connectivity index (χ1v) is 5.76. The Morgan fingerprint density at radius 2 is 2.07 bits per heavy atom. The molecule has 1 aliphatic rings. The summed E-state index contributed by atoms with van der Waals surface area (Å²) in [5.41, 5.74) is 1.48. The zero-order valence-electron chi connectivity index (χ0n) is 9.08. The molecular formula is C12H20N2.